The van der Waals surface area contributed by atoms with Crippen LogP contribution in [0, 0.1) is 0 Å². The third-order valence-corrected chi connectivity index (χ3v) is 7.94. The molecule has 0 radical (unpaired) electrons. The molecule has 1 amide bonds. The van der Waals surface area contributed by atoms with Gasteiger partial charge in [0.05, 0.1) is 20.3 Å². The minimum Gasteiger partial charge on any atom is -0.495 e. The van der Waals surface area contributed by atoms with E-state index < -0.39 is 10.0 Å². The number of aryl methyl sites for hydroxylation is 1. The van der Waals surface area contributed by atoms with Crippen LogP contribution in [0.15, 0.2) is 47.4 Å². The van der Waals surface area contributed by atoms with Crippen LogP contribution in [0.3, 0.4) is 0 Å². The van der Waals surface area contributed by atoms with Gasteiger partial charge in [0.25, 0.3) is 5.91 Å². The molecule has 1 fully saturated rings. The van der Waals surface area contributed by atoms with E-state index in [1.54, 1.807) is 6.07 Å². The molecule has 1 aliphatic carbocycles. The molecule has 0 aromatic heterocycles. The van der Waals surface area contributed by atoms with Gasteiger partial charge in [0.1, 0.15) is 10.6 Å². The van der Waals surface area contributed by atoms with Gasteiger partial charge in [-0.2, -0.15) is 4.31 Å². The number of methoxy groups -OCH3 is 1. The van der Waals surface area contributed by atoms with Gasteiger partial charge < -0.3 is 14.8 Å². The molecule has 7 nitrogen and oxygen atoms in total. The van der Waals surface area contributed by atoms with Crippen molar-refractivity contribution in [2.75, 3.05) is 40.0 Å². The first kappa shape index (κ1) is 21.8. The molecule has 2 aliphatic rings. The topological polar surface area (TPSA) is 84.9 Å². The number of carbonyl (C=O) groups excluding carboxylic acids is 1. The van der Waals surface area contributed by atoms with Gasteiger partial charge in [-0.05, 0) is 48.6 Å². The lowest BCUT2D eigenvalue weighted by atomic mass is 9.83. The number of nitrogens with one attached hydrogen (secondary N) is 1. The van der Waals surface area contributed by atoms with Gasteiger partial charge in [-0.25, -0.2) is 8.42 Å². The summed E-state index contributed by atoms with van der Waals surface area (Å²) in [6.45, 7) is 1.79. The molecule has 1 N–H and O–H groups in total. The number of benzene rings is 2. The van der Waals surface area contributed by atoms with Gasteiger partial charge >= 0.3 is 0 Å². The van der Waals surface area contributed by atoms with E-state index in [0.29, 0.717) is 25.3 Å². The zero-order valence-electron chi connectivity index (χ0n) is 17.7. The number of sulfonamides is 1. The number of ether oxygens (including phenoxy) is 2. The van der Waals surface area contributed by atoms with E-state index in [4.69, 9.17) is 9.47 Å². The fraction of sp³-hybridized carbons (Fsp3) is 0.435. The quantitative estimate of drug-likeness (QED) is 0.740. The lowest BCUT2D eigenvalue weighted by Gasteiger charge is -2.27. The molecule has 1 unspecified atom stereocenters. The van der Waals surface area contributed by atoms with Gasteiger partial charge in [0.2, 0.25) is 10.0 Å². The van der Waals surface area contributed by atoms with E-state index in [1.165, 1.54) is 34.7 Å². The highest BCUT2D eigenvalue weighted by Gasteiger charge is 2.30. The predicted molar refractivity (Wildman–Crippen MR) is 117 cm³/mol. The molecule has 0 saturated carbocycles. The zero-order chi connectivity index (χ0) is 21.8. The summed E-state index contributed by atoms with van der Waals surface area (Å²) in [5, 5.41) is 3.00. The molecule has 31 heavy (non-hydrogen) atoms. The Kier molecular flexibility index (Phi) is 6.60. The summed E-state index contributed by atoms with van der Waals surface area (Å²) in [5.41, 5.74) is 2.94. The average Bonchev–Trinajstić information content (AvgIpc) is 2.82. The Hall–Kier alpha value is -2.42. The van der Waals surface area contributed by atoms with Gasteiger partial charge in [-0.3, -0.25) is 4.79 Å². The maximum atomic E-state index is 13.1. The first-order valence-electron chi connectivity index (χ1n) is 10.6. The molecule has 0 bridgehead atoms. The van der Waals surface area contributed by atoms with Crippen molar-refractivity contribution in [1.82, 2.24) is 9.62 Å². The highest BCUT2D eigenvalue weighted by Crippen LogP contribution is 2.31. The van der Waals surface area contributed by atoms with Crippen LogP contribution >= 0.6 is 0 Å². The van der Waals surface area contributed by atoms with Crippen molar-refractivity contribution in [2.45, 2.75) is 30.1 Å². The monoisotopic (exact) mass is 444 g/mol. The van der Waals surface area contributed by atoms with E-state index in [-0.39, 0.29) is 35.6 Å². The number of rotatable bonds is 6. The van der Waals surface area contributed by atoms with Crippen LogP contribution in [0.25, 0.3) is 0 Å². The van der Waals surface area contributed by atoms with E-state index in [0.717, 1.165) is 19.3 Å². The van der Waals surface area contributed by atoms with E-state index >= 15 is 0 Å². The molecule has 1 aliphatic heterocycles. The third kappa shape index (κ3) is 4.61. The number of hydrogen-bond acceptors (Lipinski definition) is 5. The molecule has 0 spiro atoms. The summed E-state index contributed by atoms with van der Waals surface area (Å²) in [7, 11) is -2.36. The molecule has 1 atom stereocenters. The van der Waals surface area contributed by atoms with Crippen molar-refractivity contribution in [1.29, 1.82) is 0 Å². The zero-order valence-corrected chi connectivity index (χ0v) is 18.5. The highest BCUT2D eigenvalue weighted by molar-refractivity contribution is 7.89. The number of morpholine rings is 1. The van der Waals surface area contributed by atoms with Crippen molar-refractivity contribution in [3.63, 3.8) is 0 Å². The molecule has 166 valence electrons. The molecular weight excluding hydrogens is 416 g/mol. The maximum Gasteiger partial charge on any atom is 0.251 e. The molecule has 1 saturated heterocycles. The molecule has 4 rings (SSSR count). The second kappa shape index (κ2) is 9.38. The SMILES string of the molecule is COc1ccc(C(=O)NCC2CCCc3ccccc32)cc1S(=O)(=O)N1CCOCC1. The van der Waals surface area contributed by atoms with Crippen LogP contribution in [-0.2, 0) is 21.2 Å². The molecule has 8 heteroatoms. The Bertz CT molecular complexity index is 1050. The van der Waals surface area contributed by atoms with Crippen molar-refractivity contribution in [3.8, 4) is 5.75 Å². The Balaban J connectivity index is 1.52. The largest absolute Gasteiger partial charge is 0.495 e. The molecule has 2 aromatic carbocycles. The molecular formula is C23H28N2O5S. The standard InChI is InChI=1S/C23H28N2O5S/c1-29-21-10-9-18(15-22(21)31(27,28)25-11-13-30-14-12-25)23(26)24-16-19-7-4-6-17-5-2-3-8-20(17)19/h2-3,5,8-10,15,19H,4,6-7,11-14,16H2,1H3,(H,24,26). The van der Waals surface area contributed by atoms with Gasteiger partial charge in [-0.15, -0.1) is 0 Å². The van der Waals surface area contributed by atoms with E-state index in [9.17, 15) is 13.2 Å². The van der Waals surface area contributed by atoms with E-state index in [2.05, 4.69) is 17.4 Å². The summed E-state index contributed by atoms with van der Waals surface area (Å²) in [6.07, 6.45) is 3.19. The van der Waals surface area contributed by atoms with Crippen LogP contribution in [0.4, 0.5) is 0 Å². The molecule has 1 heterocycles. The van der Waals surface area contributed by atoms with Gasteiger partial charge in [0.15, 0.2) is 0 Å². The summed E-state index contributed by atoms with van der Waals surface area (Å²) in [6, 6.07) is 12.9. The fourth-order valence-corrected chi connectivity index (χ4v) is 5.92. The summed E-state index contributed by atoms with van der Waals surface area (Å²) in [4.78, 5) is 12.9. The van der Waals surface area contributed by atoms with Crippen molar-refractivity contribution < 1.29 is 22.7 Å². The van der Waals surface area contributed by atoms with Crippen LogP contribution < -0.4 is 10.1 Å². The number of fused-ring (bicyclic) bond motifs is 1. The number of hydrogen-bond donors (Lipinski definition) is 1. The number of nitrogens with zero attached hydrogens (tertiary/aromatic N) is 1. The Morgan fingerprint density at radius 1 is 1.19 bits per heavy atom. The maximum absolute atomic E-state index is 13.1. The minimum atomic E-state index is -3.79. The Morgan fingerprint density at radius 2 is 1.97 bits per heavy atom. The average molecular weight is 445 g/mol. The Morgan fingerprint density at radius 3 is 2.74 bits per heavy atom. The van der Waals surface area contributed by atoms with Crippen LogP contribution in [0.2, 0.25) is 0 Å². The van der Waals surface area contributed by atoms with Gasteiger partial charge in [0, 0.05) is 31.1 Å². The smallest absolute Gasteiger partial charge is 0.251 e. The summed E-state index contributed by atoms with van der Waals surface area (Å²) >= 11 is 0. The first-order valence-corrected chi connectivity index (χ1v) is 12.1. The summed E-state index contributed by atoms with van der Waals surface area (Å²) < 4.78 is 38.2. The van der Waals surface area contributed by atoms with Crippen LogP contribution in [-0.4, -0.2) is 58.6 Å². The Labute approximate surface area is 183 Å². The fourth-order valence-electron chi connectivity index (χ4n) is 4.33. The highest BCUT2D eigenvalue weighted by atomic mass is 32.2. The van der Waals surface area contributed by atoms with E-state index in [1.807, 2.05) is 12.1 Å². The van der Waals surface area contributed by atoms with Gasteiger partial charge in [-0.1, -0.05) is 24.3 Å². The normalized spacial score (nSPS) is 19.5. The minimum absolute atomic E-state index is 0.00700. The van der Waals surface area contributed by atoms with Crippen molar-refractivity contribution in [2.24, 2.45) is 0 Å². The third-order valence-electron chi connectivity index (χ3n) is 6.02. The molecule has 2 aromatic rings. The lowest BCUT2D eigenvalue weighted by molar-refractivity contribution is 0.0729. The first-order chi connectivity index (χ1) is 15.0. The second-order valence-electron chi connectivity index (χ2n) is 7.88. The van der Waals surface area contributed by atoms with Crippen LogP contribution in [0.5, 0.6) is 5.75 Å². The number of carbonyl (C=O) groups is 1. The lowest BCUT2D eigenvalue weighted by Crippen LogP contribution is -2.40. The number of amides is 1. The second-order valence-corrected chi connectivity index (χ2v) is 9.79. The van der Waals surface area contributed by atoms with Crippen molar-refractivity contribution >= 4 is 15.9 Å². The summed E-state index contributed by atoms with van der Waals surface area (Å²) in [5.74, 6) is 0.206. The predicted octanol–water partition coefficient (Wildman–Crippen LogP) is 2.57. The van der Waals surface area contributed by atoms with Crippen molar-refractivity contribution in [3.05, 3.63) is 59.2 Å². The van der Waals surface area contributed by atoms with Crippen LogP contribution in [0.1, 0.15) is 40.2 Å².